The molecule has 1 unspecified atom stereocenters. The number of amides is 1. The second-order valence-electron chi connectivity index (χ2n) is 4.09. The monoisotopic (exact) mass is 251 g/mol. The first-order chi connectivity index (χ1) is 8.74. The summed E-state index contributed by atoms with van der Waals surface area (Å²) in [4.78, 5) is 15.6. The van der Waals surface area contributed by atoms with Crippen LogP contribution in [0.15, 0.2) is 24.5 Å². The highest BCUT2D eigenvalue weighted by Crippen LogP contribution is 2.08. The molecule has 0 aromatic carbocycles. The number of hydrogen-bond acceptors (Lipinski definition) is 4. The number of ether oxygens (including phenoxy) is 1. The van der Waals surface area contributed by atoms with E-state index in [1.165, 1.54) is 0 Å². The number of carbonyl (C=O) groups is 1. The van der Waals surface area contributed by atoms with Crippen molar-refractivity contribution in [2.75, 3.05) is 26.8 Å². The van der Waals surface area contributed by atoms with Crippen LogP contribution in [-0.4, -0.2) is 37.7 Å². The van der Waals surface area contributed by atoms with Crippen molar-refractivity contribution in [1.82, 2.24) is 15.6 Å². The molecule has 0 saturated heterocycles. The molecule has 0 bridgehead atoms. The number of rotatable bonds is 8. The molecule has 18 heavy (non-hydrogen) atoms. The van der Waals surface area contributed by atoms with Crippen molar-refractivity contribution in [3.63, 3.8) is 0 Å². The normalized spacial score (nSPS) is 12.1. The molecule has 1 rings (SSSR count). The Labute approximate surface area is 108 Å². The molecule has 0 aliphatic rings. The molecule has 0 aliphatic heterocycles. The summed E-state index contributed by atoms with van der Waals surface area (Å²) < 4.78 is 4.91. The van der Waals surface area contributed by atoms with Crippen molar-refractivity contribution >= 4 is 5.91 Å². The Hall–Kier alpha value is -1.46. The summed E-state index contributed by atoms with van der Waals surface area (Å²) in [6.45, 7) is 3.63. The first-order valence-electron chi connectivity index (χ1n) is 6.13. The molecule has 1 heterocycles. The fraction of sp³-hybridized carbons (Fsp3) is 0.538. The Bertz CT molecular complexity index is 343. The molecule has 0 radical (unpaired) electrons. The molecule has 1 aromatic heterocycles. The third kappa shape index (κ3) is 5.75. The number of nitrogens with zero attached hydrogens (tertiary/aromatic N) is 1. The van der Waals surface area contributed by atoms with Crippen molar-refractivity contribution in [3.8, 4) is 0 Å². The van der Waals surface area contributed by atoms with Crippen molar-refractivity contribution < 1.29 is 9.53 Å². The fourth-order valence-electron chi connectivity index (χ4n) is 1.50. The van der Waals surface area contributed by atoms with E-state index < -0.39 is 0 Å². The molecular weight excluding hydrogens is 230 g/mol. The van der Waals surface area contributed by atoms with Crippen molar-refractivity contribution in [3.05, 3.63) is 30.1 Å². The number of pyridine rings is 1. The molecule has 1 atom stereocenters. The average molecular weight is 251 g/mol. The highest BCUT2D eigenvalue weighted by Gasteiger charge is 2.06. The highest BCUT2D eigenvalue weighted by atomic mass is 16.5. The van der Waals surface area contributed by atoms with Gasteiger partial charge in [-0.3, -0.25) is 9.78 Å². The number of nitrogens with one attached hydrogen (secondary N) is 2. The summed E-state index contributed by atoms with van der Waals surface area (Å²) in [7, 11) is 1.65. The van der Waals surface area contributed by atoms with Crippen LogP contribution in [0.4, 0.5) is 0 Å². The number of methoxy groups -OCH3 is 1. The van der Waals surface area contributed by atoms with Gasteiger partial charge in [-0.25, -0.2) is 0 Å². The lowest BCUT2D eigenvalue weighted by Crippen LogP contribution is -2.35. The predicted octanol–water partition coefficient (Wildman–Crippen LogP) is 0.885. The third-order valence-corrected chi connectivity index (χ3v) is 2.60. The zero-order chi connectivity index (χ0) is 13.2. The first kappa shape index (κ1) is 14.6. The first-order valence-corrected chi connectivity index (χ1v) is 6.13. The molecule has 1 amide bonds. The molecule has 5 nitrogen and oxygen atoms in total. The molecular formula is C13H21N3O2. The molecule has 0 fully saturated rings. The molecule has 0 aliphatic carbocycles. The lowest BCUT2D eigenvalue weighted by molar-refractivity contribution is -0.120. The molecule has 1 aromatic rings. The van der Waals surface area contributed by atoms with Crippen LogP contribution in [0.5, 0.6) is 0 Å². The van der Waals surface area contributed by atoms with Crippen LogP contribution in [0.1, 0.15) is 24.9 Å². The summed E-state index contributed by atoms with van der Waals surface area (Å²) in [6, 6.07) is 3.99. The van der Waals surface area contributed by atoms with E-state index in [1.54, 1.807) is 19.5 Å². The Morgan fingerprint density at radius 2 is 2.39 bits per heavy atom. The average Bonchev–Trinajstić information content (AvgIpc) is 2.42. The van der Waals surface area contributed by atoms with E-state index in [0.29, 0.717) is 19.7 Å². The van der Waals surface area contributed by atoms with Crippen LogP contribution in [0, 0.1) is 0 Å². The highest BCUT2D eigenvalue weighted by molar-refractivity contribution is 5.77. The molecule has 100 valence electrons. The summed E-state index contributed by atoms with van der Waals surface area (Å²) in [6.07, 6.45) is 4.37. The third-order valence-electron chi connectivity index (χ3n) is 2.60. The molecule has 0 spiro atoms. The minimum atomic E-state index is 0.00171. The van der Waals surface area contributed by atoms with Gasteiger partial charge in [0.2, 0.25) is 5.91 Å². The van der Waals surface area contributed by atoms with E-state index in [9.17, 15) is 4.79 Å². The number of hydrogen-bond donors (Lipinski definition) is 2. The summed E-state index contributed by atoms with van der Waals surface area (Å²) in [5.41, 5.74) is 1.07. The Morgan fingerprint density at radius 3 is 3.06 bits per heavy atom. The summed E-state index contributed by atoms with van der Waals surface area (Å²) in [5, 5.41) is 5.98. The van der Waals surface area contributed by atoms with Gasteiger partial charge >= 0.3 is 0 Å². The predicted molar refractivity (Wildman–Crippen MR) is 70.2 cm³/mol. The largest absolute Gasteiger partial charge is 0.385 e. The zero-order valence-corrected chi connectivity index (χ0v) is 11.0. The SMILES string of the molecule is COCCCNC(=O)CNC(C)c1cccnc1. The van der Waals surface area contributed by atoms with Gasteiger partial charge in [0.1, 0.15) is 0 Å². The van der Waals surface area contributed by atoms with Crippen LogP contribution in [0.2, 0.25) is 0 Å². The van der Waals surface area contributed by atoms with E-state index in [4.69, 9.17) is 4.74 Å². The van der Waals surface area contributed by atoms with Crippen LogP contribution in [0.25, 0.3) is 0 Å². The molecule has 5 heteroatoms. The van der Waals surface area contributed by atoms with E-state index in [2.05, 4.69) is 15.6 Å². The quantitative estimate of drug-likeness (QED) is 0.673. The Morgan fingerprint density at radius 1 is 1.56 bits per heavy atom. The molecule has 0 saturated carbocycles. The van der Waals surface area contributed by atoms with Crippen molar-refractivity contribution in [2.24, 2.45) is 0 Å². The van der Waals surface area contributed by atoms with Gasteiger partial charge in [0.15, 0.2) is 0 Å². The number of carbonyl (C=O) groups excluding carboxylic acids is 1. The minimum Gasteiger partial charge on any atom is -0.385 e. The van der Waals surface area contributed by atoms with Gasteiger partial charge < -0.3 is 15.4 Å². The van der Waals surface area contributed by atoms with Gasteiger partial charge in [-0.1, -0.05) is 6.07 Å². The maximum absolute atomic E-state index is 11.5. The van der Waals surface area contributed by atoms with Gasteiger partial charge in [-0.2, -0.15) is 0 Å². The maximum atomic E-state index is 11.5. The molecule has 2 N–H and O–H groups in total. The van der Waals surface area contributed by atoms with Crippen molar-refractivity contribution in [2.45, 2.75) is 19.4 Å². The summed E-state index contributed by atoms with van der Waals surface area (Å²) >= 11 is 0. The Balaban J connectivity index is 2.18. The topological polar surface area (TPSA) is 63.2 Å². The Kier molecular flexibility index (Phi) is 6.98. The maximum Gasteiger partial charge on any atom is 0.233 e. The van der Waals surface area contributed by atoms with E-state index >= 15 is 0 Å². The lowest BCUT2D eigenvalue weighted by atomic mass is 10.1. The lowest BCUT2D eigenvalue weighted by Gasteiger charge is -2.13. The van der Waals surface area contributed by atoms with Crippen LogP contribution < -0.4 is 10.6 Å². The van der Waals surface area contributed by atoms with Gasteiger partial charge in [0.25, 0.3) is 0 Å². The van der Waals surface area contributed by atoms with Gasteiger partial charge in [0.05, 0.1) is 6.54 Å². The second kappa shape index (κ2) is 8.60. The van der Waals surface area contributed by atoms with Crippen molar-refractivity contribution in [1.29, 1.82) is 0 Å². The zero-order valence-electron chi connectivity index (χ0n) is 11.0. The second-order valence-corrected chi connectivity index (χ2v) is 4.09. The van der Waals surface area contributed by atoms with Gasteiger partial charge in [-0.05, 0) is 25.0 Å². The smallest absolute Gasteiger partial charge is 0.233 e. The van der Waals surface area contributed by atoms with E-state index in [-0.39, 0.29) is 11.9 Å². The minimum absolute atomic E-state index is 0.00171. The fourth-order valence-corrected chi connectivity index (χ4v) is 1.50. The van der Waals surface area contributed by atoms with Crippen LogP contribution in [-0.2, 0) is 9.53 Å². The summed E-state index contributed by atoms with van der Waals surface area (Å²) in [5.74, 6) is 0.00171. The van der Waals surface area contributed by atoms with Gasteiger partial charge in [-0.15, -0.1) is 0 Å². The number of aromatic nitrogens is 1. The van der Waals surface area contributed by atoms with Crippen LogP contribution in [0.3, 0.4) is 0 Å². The standard InChI is InChI=1S/C13H21N3O2/c1-11(12-5-3-6-14-9-12)16-10-13(17)15-7-4-8-18-2/h3,5-6,9,11,16H,4,7-8,10H2,1-2H3,(H,15,17). The van der Waals surface area contributed by atoms with Gasteiger partial charge in [0, 0.05) is 38.7 Å². The van der Waals surface area contributed by atoms with E-state index in [0.717, 1.165) is 12.0 Å². The van der Waals surface area contributed by atoms with E-state index in [1.807, 2.05) is 19.1 Å². The van der Waals surface area contributed by atoms with Crippen LogP contribution >= 0.6 is 0 Å².